The standard InChI is InChI=1S/C9H10BrN3/c1-2-13-9(10)6-4-3-5-7(11)8(6)12-13/h3-5H,2,11H2,1H3. The highest BCUT2D eigenvalue weighted by Gasteiger charge is 2.08. The van der Waals surface area contributed by atoms with Gasteiger partial charge < -0.3 is 5.73 Å². The Morgan fingerprint density at radius 2 is 2.31 bits per heavy atom. The van der Waals surface area contributed by atoms with E-state index in [1.54, 1.807) is 0 Å². The summed E-state index contributed by atoms with van der Waals surface area (Å²) in [6, 6.07) is 5.81. The minimum Gasteiger partial charge on any atom is -0.397 e. The van der Waals surface area contributed by atoms with Crippen molar-refractivity contribution in [2.24, 2.45) is 0 Å². The van der Waals surface area contributed by atoms with Gasteiger partial charge in [0.2, 0.25) is 0 Å². The normalized spacial score (nSPS) is 10.9. The molecule has 68 valence electrons. The summed E-state index contributed by atoms with van der Waals surface area (Å²) in [7, 11) is 0. The number of aryl methyl sites for hydroxylation is 1. The molecule has 1 aromatic carbocycles. The quantitative estimate of drug-likeness (QED) is 0.778. The van der Waals surface area contributed by atoms with Crippen LogP contribution in [0, 0.1) is 0 Å². The molecule has 4 heteroatoms. The van der Waals surface area contributed by atoms with E-state index in [1.807, 2.05) is 29.8 Å². The lowest BCUT2D eigenvalue weighted by Gasteiger charge is -1.94. The molecule has 3 nitrogen and oxygen atoms in total. The molecule has 2 N–H and O–H groups in total. The van der Waals surface area contributed by atoms with Crippen molar-refractivity contribution >= 4 is 32.5 Å². The predicted molar refractivity (Wildman–Crippen MR) is 57.5 cm³/mol. The Labute approximate surface area is 84.7 Å². The van der Waals surface area contributed by atoms with E-state index >= 15 is 0 Å². The molecule has 0 amide bonds. The van der Waals surface area contributed by atoms with E-state index in [1.165, 1.54) is 0 Å². The second-order valence-corrected chi connectivity index (χ2v) is 3.60. The van der Waals surface area contributed by atoms with Gasteiger partial charge in [0.05, 0.1) is 5.69 Å². The molecule has 0 aliphatic rings. The number of hydrogen-bond donors (Lipinski definition) is 1. The summed E-state index contributed by atoms with van der Waals surface area (Å²) >= 11 is 3.49. The smallest absolute Gasteiger partial charge is 0.116 e. The zero-order valence-corrected chi connectivity index (χ0v) is 8.87. The molecule has 0 saturated heterocycles. The number of nitrogen functional groups attached to an aromatic ring is 1. The second kappa shape index (κ2) is 3.03. The topological polar surface area (TPSA) is 43.8 Å². The van der Waals surface area contributed by atoms with E-state index in [-0.39, 0.29) is 0 Å². The fraction of sp³-hybridized carbons (Fsp3) is 0.222. The van der Waals surface area contributed by atoms with E-state index in [0.29, 0.717) is 0 Å². The third kappa shape index (κ3) is 1.21. The molecule has 0 bridgehead atoms. The number of aromatic nitrogens is 2. The van der Waals surface area contributed by atoms with Gasteiger partial charge in [-0.05, 0) is 35.0 Å². The molecule has 0 saturated carbocycles. The van der Waals surface area contributed by atoms with Crippen molar-refractivity contribution in [1.29, 1.82) is 0 Å². The predicted octanol–water partition coefficient (Wildman–Crippen LogP) is 2.40. The third-order valence-corrected chi connectivity index (χ3v) is 2.87. The van der Waals surface area contributed by atoms with Gasteiger partial charge in [0, 0.05) is 11.9 Å². The minimum atomic E-state index is 0.727. The third-order valence-electron chi connectivity index (χ3n) is 2.04. The Kier molecular flexibility index (Phi) is 2.00. The molecule has 0 atom stereocenters. The van der Waals surface area contributed by atoms with E-state index in [0.717, 1.165) is 27.7 Å². The van der Waals surface area contributed by atoms with Gasteiger partial charge in [-0.2, -0.15) is 5.10 Å². The van der Waals surface area contributed by atoms with Crippen LogP contribution in [0.25, 0.3) is 10.9 Å². The van der Waals surface area contributed by atoms with Crippen LogP contribution in [0.15, 0.2) is 22.8 Å². The van der Waals surface area contributed by atoms with Gasteiger partial charge in [-0.15, -0.1) is 0 Å². The zero-order valence-electron chi connectivity index (χ0n) is 7.29. The van der Waals surface area contributed by atoms with Crippen molar-refractivity contribution in [3.8, 4) is 0 Å². The summed E-state index contributed by atoms with van der Waals surface area (Å²) in [6.07, 6.45) is 0. The molecular weight excluding hydrogens is 230 g/mol. The Bertz CT molecular complexity index is 447. The molecule has 2 aromatic rings. The second-order valence-electron chi connectivity index (χ2n) is 2.85. The Morgan fingerprint density at radius 1 is 1.54 bits per heavy atom. The largest absolute Gasteiger partial charge is 0.397 e. The first kappa shape index (κ1) is 8.56. The number of halogens is 1. The van der Waals surface area contributed by atoms with E-state index in [2.05, 4.69) is 21.0 Å². The number of fused-ring (bicyclic) bond motifs is 1. The maximum Gasteiger partial charge on any atom is 0.116 e. The van der Waals surface area contributed by atoms with E-state index in [9.17, 15) is 0 Å². The molecule has 0 radical (unpaired) electrons. The van der Waals surface area contributed by atoms with Crippen LogP contribution in [0.5, 0.6) is 0 Å². The Hall–Kier alpha value is -1.03. The monoisotopic (exact) mass is 239 g/mol. The molecule has 1 aromatic heterocycles. The molecular formula is C9H10BrN3. The summed E-state index contributed by atoms with van der Waals surface area (Å²) in [5.74, 6) is 0. The highest BCUT2D eigenvalue weighted by molar-refractivity contribution is 9.10. The average Bonchev–Trinajstić information content (AvgIpc) is 2.45. The van der Waals surface area contributed by atoms with Crippen molar-refractivity contribution in [1.82, 2.24) is 9.78 Å². The van der Waals surface area contributed by atoms with Gasteiger partial charge in [0.25, 0.3) is 0 Å². The SMILES string of the molecule is CCn1nc2c(N)cccc2c1Br. The van der Waals surface area contributed by atoms with Gasteiger partial charge in [-0.3, -0.25) is 4.68 Å². The number of nitrogens with two attached hydrogens (primary N) is 1. The number of hydrogen-bond acceptors (Lipinski definition) is 2. The van der Waals surface area contributed by atoms with Gasteiger partial charge in [-0.25, -0.2) is 0 Å². The number of nitrogens with zero attached hydrogens (tertiary/aromatic N) is 2. The first-order valence-electron chi connectivity index (χ1n) is 4.14. The number of anilines is 1. The summed E-state index contributed by atoms with van der Waals surface area (Å²) in [5.41, 5.74) is 7.40. The Balaban J connectivity index is 2.83. The summed E-state index contributed by atoms with van der Waals surface area (Å²) < 4.78 is 2.89. The average molecular weight is 240 g/mol. The van der Waals surface area contributed by atoms with Crippen LogP contribution in [0.3, 0.4) is 0 Å². The lowest BCUT2D eigenvalue weighted by Crippen LogP contribution is -1.95. The number of rotatable bonds is 1. The van der Waals surface area contributed by atoms with Gasteiger partial charge in [-0.1, -0.05) is 6.07 Å². The maximum absolute atomic E-state index is 5.80. The van der Waals surface area contributed by atoms with Crippen LogP contribution in [0.4, 0.5) is 5.69 Å². The molecule has 0 unspecified atom stereocenters. The molecule has 2 rings (SSSR count). The van der Waals surface area contributed by atoms with Crippen molar-refractivity contribution in [3.05, 3.63) is 22.8 Å². The summed E-state index contributed by atoms with van der Waals surface area (Å²) in [4.78, 5) is 0. The summed E-state index contributed by atoms with van der Waals surface area (Å²) in [6.45, 7) is 2.89. The van der Waals surface area contributed by atoms with Crippen LogP contribution in [0.1, 0.15) is 6.92 Å². The minimum absolute atomic E-state index is 0.727. The molecule has 13 heavy (non-hydrogen) atoms. The summed E-state index contributed by atoms with van der Waals surface area (Å²) in [5, 5.41) is 5.45. The van der Waals surface area contributed by atoms with E-state index in [4.69, 9.17) is 5.73 Å². The van der Waals surface area contributed by atoms with Crippen LogP contribution < -0.4 is 5.73 Å². The fourth-order valence-electron chi connectivity index (χ4n) is 1.35. The van der Waals surface area contributed by atoms with Gasteiger partial charge >= 0.3 is 0 Å². The lowest BCUT2D eigenvalue weighted by atomic mass is 10.2. The zero-order chi connectivity index (χ0) is 9.42. The molecule has 0 aliphatic carbocycles. The van der Waals surface area contributed by atoms with Crippen LogP contribution >= 0.6 is 15.9 Å². The number of benzene rings is 1. The molecule has 0 aliphatic heterocycles. The van der Waals surface area contributed by atoms with Crippen molar-refractivity contribution in [2.45, 2.75) is 13.5 Å². The van der Waals surface area contributed by atoms with E-state index < -0.39 is 0 Å². The first-order valence-corrected chi connectivity index (χ1v) is 4.94. The lowest BCUT2D eigenvalue weighted by molar-refractivity contribution is 0.653. The van der Waals surface area contributed by atoms with Crippen molar-refractivity contribution < 1.29 is 0 Å². The van der Waals surface area contributed by atoms with Crippen LogP contribution in [-0.4, -0.2) is 9.78 Å². The van der Waals surface area contributed by atoms with Crippen LogP contribution in [-0.2, 0) is 6.54 Å². The van der Waals surface area contributed by atoms with Crippen molar-refractivity contribution in [2.75, 3.05) is 5.73 Å². The molecule has 0 fully saturated rings. The van der Waals surface area contributed by atoms with Gasteiger partial charge in [0.1, 0.15) is 10.1 Å². The van der Waals surface area contributed by atoms with Crippen LogP contribution in [0.2, 0.25) is 0 Å². The van der Waals surface area contributed by atoms with Crippen molar-refractivity contribution in [3.63, 3.8) is 0 Å². The van der Waals surface area contributed by atoms with Gasteiger partial charge in [0.15, 0.2) is 0 Å². The molecule has 1 heterocycles. The maximum atomic E-state index is 5.80. The Morgan fingerprint density at radius 3 is 2.92 bits per heavy atom. The highest BCUT2D eigenvalue weighted by Crippen LogP contribution is 2.27. The molecule has 0 spiro atoms. The fourth-order valence-corrected chi connectivity index (χ4v) is 2.00. The highest BCUT2D eigenvalue weighted by atomic mass is 79.9. The first-order chi connectivity index (χ1) is 6.24.